The summed E-state index contributed by atoms with van der Waals surface area (Å²) in [5.74, 6) is -0.0802. The molecular formula is C26H30F3N5O5. The van der Waals surface area contributed by atoms with Gasteiger partial charge in [0.05, 0.1) is 13.7 Å². The van der Waals surface area contributed by atoms with Crippen molar-refractivity contribution >= 4 is 22.9 Å². The topological polar surface area (TPSA) is 133 Å². The van der Waals surface area contributed by atoms with Crippen molar-refractivity contribution in [1.29, 1.82) is 0 Å². The third-order valence-corrected chi connectivity index (χ3v) is 6.15. The highest BCUT2D eigenvalue weighted by atomic mass is 19.4. The number of oxazole rings is 1. The molecule has 13 heteroatoms. The zero-order valence-corrected chi connectivity index (χ0v) is 22.0. The fourth-order valence-corrected chi connectivity index (χ4v) is 4.32. The van der Waals surface area contributed by atoms with Crippen molar-refractivity contribution in [3.8, 4) is 17.2 Å². The molecule has 3 aromatic rings. The number of nitrogens with zero attached hydrogens (tertiary/aromatic N) is 3. The Balaban J connectivity index is 1.56. The highest BCUT2D eigenvalue weighted by Crippen LogP contribution is 2.37. The van der Waals surface area contributed by atoms with Crippen molar-refractivity contribution < 1.29 is 36.7 Å². The molecule has 3 heterocycles. The smallest absolute Gasteiger partial charge is 0.433 e. The predicted octanol–water partition coefficient (Wildman–Crippen LogP) is 4.51. The number of piperidine rings is 1. The van der Waals surface area contributed by atoms with E-state index in [1.807, 2.05) is 0 Å². The molecule has 0 bridgehead atoms. The molecular weight excluding hydrogens is 519 g/mol. The minimum atomic E-state index is -4.64. The summed E-state index contributed by atoms with van der Waals surface area (Å²) in [5.41, 5.74) is 4.49. The predicted molar refractivity (Wildman–Crippen MR) is 135 cm³/mol. The minimum Gasteiger partial charge on any atom is -0.494 e. The number of amides is 2. The van der Waals surface area contributed by atoms with Gasteiger partial charge in [-0.15, -0.1) is 0 Å². The normalized spacial score (nSPS) is 14.9. The van der Waals surface area contributed by atoms with Crippen LogP contribution in [-0.2, 0) is 17.5 Å². The van der Waals surface area contributed by atoms with Crippen LogP contribution in [-0.4, -0.2) is 58.7 Å². The van der Waals surface area contributed by atoms with Gasteiger partial charge in [-0.3, -0.25) is 4.79 Å². The lowest BCUT2D eigenvalue weighted by Gasteiger charge is -2.32. The van der Waals surface area contributed by atoms with E-state index in [0.717, 1.165) is 6.07 Å². The third kappa shape index (κ3) is 6.24. The molecule has 0 saturated carbocycles. The van der Waals surface area contributed by atoms with Crippen molar-refractivity contribution in [2.24, 2.45) is 5.73 Å². The molecule has 210 valence electrons. The van der Waals surface area contributed by atoms with Gasteiger partial charge < -0.3 is 29.8 Å². The second kappa shape index (κ2) is 10.7. The molecule has 1 aliphatic heterocycles. The van der Waals surface area contributed by atoms with Crippen LogP contribution in [0.25, 0.3) is 22.4 Å². The molecule has 1 aromatic carbocycles. The maximum Gasteiger partial charge on any atom is 0.433 e. The number of nitrogens with one attached hydrogen (secondary N) is 1. The zero-order chi connectivity index (χ0) is 28.5. The SMILES string of the molecule is COc1ccc(-c2nc(C(=O)N3CCC(NC(=O)OC(C)(C)C)CC3)c(CN)o2)c2ccc(C(F)(F)F)nc12. The molecule has 39 heavy (non-hydrogen) atoms. The van der Waals surface area contributed by atoms with E-state index in [0.29, 0.717) is 36.9 Å². The number of carbonyl (C=O) groups excluding carboxylic acids is 2. The first-order valence-corrected chi connectivity index (χ1v) is 12.3. The molecule has 3 N–H and O–H groups in total. The van der Waals surface area contributed by atoms with E-state index in [-0.39, 0.29) is 41.2 Å². The van der Waals surface area contributed by atoms with Gasteiger partial charge in [-0.2, -0.15) is 13.2 Å². The van der Waals surface area contributed by atoms with Gasteiger partial charge in [0.25, 0.3) is 5.91 Å². The molecule has 0 radical (unpaired) electrons. The number of aromatic nitrogens is 2. The summed E-state index contributed by atoms with van der Waals surface area (Å²) >= 11 is 0. The number of methoxy groups -OCH3 is 1. The third-order valence-electron chi connectivity index (χ3n) is 6.15. The number of alkyl carbamates (subject to hydrolysis) is 1. The molecule has 0 unspecified atom stereocenters. The van der Waals surface area contributed by atoms with Crippen LogP contribution in [0.2, 0.25) is 0 Å². The van der Waals surface area contributed by atoms with E-state index in [2.05, 4.69) is 15.3 Å². The largest absolute Gasteiger partial charge is 0.494 e. The van der Waals surface area contributed by atoms with Crippen LogP contribution in [0.5, 0.6) is 5.75 Å². The Morgan fingerprint density at radius 3 is 2.41 bits per heavy atom. The lowest BCUT2D eigenvalue weighted by atomic mass is 10.0. The van der Waals surface area contributed by atoms with Crippen molar-refractivity contribution in [2.75, 3.05) is 20.2 Å². The first kappa shape index (κ1) is 28.1. The molecule has 2 amide bonds. The highest BCUT2D eigenvalue weighted by molar-refractivity contribution is 5.98. The number of pyridine rings is 1. The average Bonchev–Trinajstić information content (AvgIpc) is 3.30. The number of likely N-dealkylation sites (tertiary alicyclic amines) is 1. The van der Waals surface area contributed by atoms with E-state index in [4.69, 9.17) is 19.6 Å². The number of carbonyl (C=O) groups is 2. The van der Waals surface area contributed by atoms with Gasteiger partial charge >= 0.3 is 12.3 Å². The van der Waals surface area contributed by atoms with Gasteiger partial charge in [-0.25, -0.2) is 14.8 Å². The van der Waals surface area contributed by atoms with Gasteiger partial charge in [0, 0.05) is 30.1 Å². The van der Waals surface area contributed by atoms with Gasteiger partial charge in [-0.1, -0.05) is 0 Å². The molecule has 1 fully saturated rings. The number of alkyl halides is 3. The van der Waals surface area contributed by atoms with Crippen LogP contribution in [0, 0.1) is 0 Å². The molecule has 2 aromatic heterocycles. The molecule has 0 spiro atoms. The highest BCUT2D eigenvalue weighted by Gasteiger charge is 2.34. The Hall–Kier alpha value is -3.87. The summed E-state index contributed by atoms with van der Waals surface area (Å²) in [6, 6.07) is 5.01. The van der Waals surface area contributed by atoms with Crippen molar-refractivity contribution in [1.82, 2.24) is 20.2 Å². The van der Waals surface area contributed by atoms with Gasteiger partial charge in [0.1, 0.15) is 22.6 Å². The maximum atomic E-state index is 13.3. The van der Waals surface area contributed by atoms with Crippen molar-refractivity contribution in [3.05, 3.63) is 41.4 Å². The van der Waals surface area contributed by atoms with Crippen molar-refractivity contribution in [3.63, 3.8) is 0 Å². The second-order valence-electron chi connectivity index (χ2n) is 10.1. The van der Waals surface area contributed by atoms with Crippen LogP contribution in [0.1, 0.15) is 55.6 Å². The molecule has 10 nitrogen and oxygen atoms in total. The molecule has 0 atom stereocenters. The fraction of sp³-hybridized carbons (Fsp3) is 0.462. The quantitative estimate of drug-likeness (QED) is 0.475. The Morgan fingerprint density at radius 2 is 1.82 bits per heavy atom. The molecule has 1 aliphatic rings. The number of ether oxygens (including phenoxy) is 2. The zero-order valence-electron chi connectivity index (χ0n) is 22.0. The van der Waals surface area contributed by atoms with E-state index < -0.39 is 29.5 Å². The van der Waals surface area contributed by atoms with Crippen LogP contribution in [0.15, 0.2) is 28.7 Å². The Morgan fingerprint density at radius 1 is 1.13 bits per heavy atom. The first-order chi connectivity index (χ1) is 18.3. The first-order valence-electron chi connectivity index (χ1n) is 12.3. The fourth-order valence-electron chi connectivity index (χ4n) is 4.32. The second-order valence-corrected chi connectivity index (χ2v) is 10.1. The number of hydrogen-bond donors (Lipinski definition) is 2. The van der Waals surface area contributed by atoms with Crippen LogP contribution < -0.4 is 15.8 Å². The van der Waals surface area contributed by atoms with Gasteiger partial charge in [0.2, 0.25) is 5.89 Å². The Labute approximate surface area is 222 Å². The van der Waals surface area contributed by atoms with Gasteiger partial charge in [-0.05, 0) is 57.9 Å². The standard InChI is InChI=1S/C26H30F3N5O5/c1-25(2,3)39-24(36)31-14-9-11-34(12-10-14)23(35)21-18(13-30)38-22(33-21)16-5-7-17(37-4)20-15(16)6-8-19(32-20)26(27,28)29/h5-8,14H,9-13,30H2,1-4H3,(H,31,36). The van der Waals surface area contributed by atoms with Gasteiger partial charge in [0.15, 0.2) is 11.5 Å². The summed E-state index contributed by atoms with van der Waals surface area (Å²) in [5, 5.41) is 3.13. The number of rotatable bonds is 5. The monoisotopic (exact) mass is 549 g/mol. The van der Waals surface area contributed by atoms with E-state index >= 15 is 0 Å². The summed E-state index contributed by atoms with van der Waals surface area (Å²) in [6.07, 6.45) is -4.11. The number of nitrogens with two attached hydrogens (primary N) is 1. The van der Waals surface area contributed by atoms with Crippen LogP contribution >= 0.6 is 0 Å². The number of halogens is 3. The number of hydrogen-bond acceptors (Lipinski definition) is 8. The number of fused-ring (bicyclic) bond motifs is 1. The Bertz CT molecular complexity index is 1370. The summed E-state index contributed by atoms with van der Waals surface area (Å²) < 4.78 is 56.2. The lowest BCUT2D eigenvalue weighted by molar-refractivity contribution is -0.140. The summed E-state index contributed by atoms with van der Waals surface area (Å²) in [6.45, 7) is 5.94. The summed E-state index contributed by atoms with van der Waals surface area (Å²) in [4.78, 5) is 35.1. The van der Waals surface area contributed by atoms with E-state index in [1.54, 1.807) is 31.7 Å². The molecule has 0 aliphatic carbocycles. The lowest BCUT2D eigenvalue weighted by Crippen LogP contribution is -2.47. The maximum absolute atomic E-state index is 13.3. The Kier molecular flexibility index (Phi) is 7.73. The van der Waals surface area contributed by atoms with E-state index in [1.165, 1.54) is 19.2 Å². The van der Waals surface area contributed by atoms with Crippen LogP contribution in [0.4, 0.5) is 18.0 Å². The van der Waals surface area contributed by atoms with Crippen molar-refractivity contribution in [2.45, 2.75) is 58.0 Å². The summed E-state index contributed by atoms with van der Waals surface area (Å²) in [7, 11) is 1.33. The number of benzene rings is 1. The molecule has 1 saturated heterocycles. The van der Waals surface area contributed by atoms with E-state index in [9.17, 15) is 22.8 Å². The molecule has 4 rings (SSSR count). The van der Waals surface area contributed by atoms with Crippen LogP contribution in [0.3, 0.4) is 0 Å². The average molecular weight is 550 g/mol. The minimum absolute atomic E-state index is 0.0227.